The summed E-state index contributed by atoms with van der Waals surface area (Å²) in [6.07, 6.45) is 8.62. The zero-order chi connectivity index (χ0) is 8.55. The summed E-state index contributed by atoms with van der Waals surface area (Å²) >= 11 is 0. The first-order valence-electron chi connectivity index (χ1n) is 4.08. The molecule has 0 nitrogen and oxygen atoms in total. The van der Waals surface area contributed by atoms with E-state index >= 15 is 0 Å². The van der Waals surface area contributed by atoms with E-state index in [0.29, 0.717) is 0 Å². The van der Waals surface area contributed by atoms with Crippen molar-refractivity contribution in [3.8, 4) is 12.3 Å². The molecule has 1 aliphatic carbocycles. The highest BCUT2D eigenvalue weighted by Crippen LogP contribution is 2.27. The van der Waals surface area contributed by atoms with Crippen LogP contribution in [0.3, 0.4) is 0 Å². The van der Waals surface area contributed by atoms with Crippen LogP contribution < -0.4 is 0 Å². The molecule has 0 atom stereocenters. The fourth-order valence-corrected chi connectivity index (χ4v) is 1.58. The van der Waals surface area contributed by atoms with Crippen molar-refractivity contribution >= 4 is 5.57 Å². The predicted octanol–water partition coefficient (Wildman–Crippen LogP) is 2.63. The third-order valence-corrected chi connectivity index (χ3v) is 2.33. The van der Waals surface area contributed by atoms with Gasteiger partial charge in [0.05, 0.1) is 0 Å². The van der Waals surface area contributed by atoms with Crippen molar-refractivity contribution < 1.29 is 0 Å². The molecule has 0 radical (unpaired) electrons. The second-order valence-electron chi connectivity index (χ2n) is 3.11. The van der Waals surface area contributed by atoms with Crippen LogP contribution in [0.4, 0.5) is 0 Å². The van der Waals surface area contributed by atoms with Gasteiger partial charge in [-0.2, -0.15) is 0 Å². The molecule has 58 valence electrons. The number of hydrogen-bond acceptors (Lipinski definition) is 0. The molecule has 1 aromatic carbocycles. The van der Waals surface area contributed by atoms with E-state index in [1.54, 1.807) is 0 Å². The molecule has 2 rings (SSSR count). The van der Waals surface area contributed by atoms with Crippen LogP contribution in [0, 0.1) is 12.3 Å². The molecule has 0 heterocycles. The van der Waals surface area contributed by atoms with E-state index in [2.05, 4.69) is 31.1 Å². The van der Waals surface area contributed by atoms with Crippen molar-refractivity contribution in [3.63, 3.8) is 0 Å². The lowest BCUT2D eigenvalue weighted by Gasteiger charge is -2.01. The molecule has 0 amide bonds. The van der Waals surface area contributed by atoms with Crippen molar-refractivity contribution in [1.29, 1.82) is 0 Å². The number of terminal acetylenes is 1. The van der Waals surface area contributed by atoms with Crippen LogP contribution >= 0.6 is 0 Å². The number of allylic oxidation sites excluding steroid dienone is 2. The van der Waals surface area contributed by atoms with E-state index in [4.69, 9.17) is 6.42 Å². The largest absolute Gasteiger partial charge is 0.115 e. The molecular formula is C12H10. The lowest BCUT2D eigenvalue weighted by atomic mass is 10.0. The summed E-state index contributed by atoms with van der Waals surface area (Å²) in [6, 6.07) is 6.22. The number of benzene rings is 1. The fourth-order valence-electron chi connectivity index (χ4n) is 1.58. The third-order valence-electron chi connectivity index (χ3n) is 2.33. The Labute approximate surface area is 72.9 Å². The Kier molecular flexibility index (Phi) is 1.52. The summed E-state index contributed by atoms with van der Waals surface area (Å²) in [7, 11) is 0. The molecule has 0 unspecified atom stereocenters. The molecule has 0 aliphatic heterocycles. The minimum absolute atomic E-state index is 0.975. The highest BCUT2D eigenvalue weighted by molar-refractivity contribution is 5.72. The Hall–Kier alpha value is -1.48. The van der Waals surface area contributed by atoms with Crippen molar-refractivity contribution in [2.45, 2.75) is 13.3 Å². The Bertz CT molecular complexity index is 389. The first kappa shape index (κ1) is 7.18. The van der Waals surface area contributed by atoms with Gasteiger partial charge >= 0.3 is 0 Å². The minimum Gasteiger partial charge on any atom is -0.115 e. The van der Waals surface area contributed by atoms with Gasteiger partial charge in [-0.1, -0.05) is 18.1 Å². The second-order valence-corrected chi connectivity index (χ2v) is 3.11. The molecule has 0 bridgehead atoms. The maximum atomic E-state index is 5.32. The van der Waals surface area contributed by atoms with E-state index in [0.717, 1.165) is 12.0 Å². The Morgan fingerprint density at radius 1 is 1.42 bits per heavy atom. The van der Waals surface area contributed by atoms with Gasteiger partial charge in [0.2, 0.25) is 0 Å². The van der Waals surface area contributed by atoms with Gasteiger partial charge in [-0.05, 0) is 42.2 Å². The number of hydrogen-bond donors (Lipinski definition) is 0. The van der Waals surface area contributed by atoms with E-state index in [1.165, 1.54) is 16.7 Å². The van der Waals surface area contributed by atoms with Gasteiger partial charge in [-0.3, -0.25) is 0 Å². The van der Waals surface area contributed by atoms with Crippen molar-refractivity contribution in [3.05, 3.63) is 41.0 Å². The highest BCUT2D eigenvalue weighted by atomic mass is 14.1. The molecule has 12 heavy (non-hydrogen) atoms. The zero-order valence-electron chi connectivity index (χ0n) is 7.09. The van der Waals surface area contributed by atoms with Gasteiger partial charge in [-0.15, -0.1) is 6.42 Å². The molecule has 0 N–H and O–H groups in total. The van der Waals surface area contributed by atoms with Crippen LogP contribution in [0.5, 0.6) is 0 Å². The third kappa shape index (κ3) is 0.950. The summed E-state index contributed by atoms with van der Waals surface area (Å²) in [4.78, 5) is 0. The minimum atomic E-state index is 0.975. The molecule has 1 aliphatic rings. The molecule has 0 saturated carbocycles. The standard InChI is InChI=1S/C12H10/c1-3-10-5-7-11-6-4-9(2)12(11)8-10/h1,4-5,7-8H,6H2,2H3. The molecular weight excluding hydrogens is 144 g/mol. The van der Waals surface area contributed by atoms with Gasteiger partial charge in [0, 0.05) is 5.56 Å². The van der Waals surface area contributed by atoms with Gasteiger partial charge in [0.25, 0.3) is 0 Å². The first-order valence-corrected chi connectivity index (χ1v) is 4.08. The van der Waals surface area contributed by atoms with Crippen molar-refractivity contribution in [2.75, 3.05) is 0 Å². The van der Waals surface area contributed by atoms with Crippen LogP contribution in [0.1, 0.15) is 23.6 Å². The highest BCUT2D eigenvalue weighted by Gasteiger charge is 2.09. The maximum absolute atomic E-state index is 5.32. The lowest BCUT2D eigenvalue weighted by Crippen LogP contribution is -1.84. The van der Waals surface area contributed by atoms with Gasteiger partial charge in [0.15, 0.2) is 0 Å². The Balaban J connectivity index is 2.59. The molecule has 0 saturated heterocycles. The molecule has 0 heteroatoms. The SMILES string of the molecule is C#Cc1ccc2c(c1)C(C)=CC2. The summed E-state index contributed by atoms with van der Waals surface area (Å²) in [5, 5.41) is 0. The van der Waals surface area contributed by atoms with E-state index in [1.807, 2.05) is 6.07 Å². The van der Waals surface area contributed by atoms with Crippen LogP contribution in [0.2, 0.25) is 0 Å². The van der Waals surface area contributed by atoms with Gasteiger partial charge in [0.1, 0.15) is 0 Å². The number of rotatable bonds is 0. The lowest BCUT2D eigenvalue weighted by molar-refractivity contribution is 1.31. The van der Waals surface area contributed by atoms with Crippen LogP contribution in [0.15, 0.2) is 24.3 Å². The molecule has 1 aromatic rings. The monoisotopic (exact) mass is 154 g/mol. The average molecular weight is 154 g/mol. The van der Waals surface area contributed by atoms with E-state index in [9.17, 15) is 0 Å². The molecule has 0 spiro atoms. The van der Waals surface area contributed by atoms with Crippen LogP contribution in [-0.2, 0) is 6.42 Å². The number of fused-ring (bicyclic) bond motifs is 1. The smallest absolute Gasteiger partial charge is 0.0248 e. The summed E-state index contributed by atoms with van der Waals surface area (Å²) in [5.74, 6) is 2.65. The second kappa shape index (κ2) is 2.53. The topological polar surface area (TPSA) is 0 Å². The normalized spacial score (nSPS) is 13.5. The zero-order valence-corrected chi connectivity index (χ0v) is 7.09. The Morgan fingerprint density at radius 3 is 3.00 bits per heavy atom. The predicted molar refractivity (Wildman–Crippen MR) is 51.7 cm³/mol. The molecule has 0 fully saturated rings. The van der Waals surface area contributed by atoms with Crippen LogP contribution in [-0.4, -0.2) is 0 Å². The Morgan fingerprint density at radius 2 is 2.25 bits per heavy atom. The first-order chi connectivity index (χ1) is 5.81. The van der Waals surface area contributed by atoms with Gasteiger partial charge < -0.3 is 0 Å². The van der Waals surface area contributed by atoms with Gasteiger partial charge in [-0.25, -0.2) is 0 Å². The molecule has 0 aromatic heterocycles. The quantitative estimate of drug-likeness (QED) is 0.504. The summed E-state index contributed by atoms with van der Waals surface area (Å²) in [6.45, 7) is 2.13. The summed E-state index contributed by atoms with van der Waals surface area (Å²) < 4.78 is 0. The summed E-state index contributed by atoms with van der Waals surface area (Å²) in [5.41, 5.74) is 5.04. The fraction of sp³-hybridized carbons (Fsp3) is 0.167. The van der Waals surface area contributed by atoms with Crippen molar-refractivity contribution in [2.24, 2.45) is 0 Å². The average Bonchev–Trinajstić information content (AvgIpc) is 2.47. The van der Waals surface area contributed by atoms with E-state index < -0.39 is 0 Å². The maximum Gasteiger partial charge on any atom is 0.0248 e. The van der Waals surface area contributed by atoms with Crippen molar-refractivity contribution in [1.82, 2.24) is 0 Å². The van der Waals surface area contributed by atoms with Crippen LogP contribution in [0.25, 0.3) is 5.57 Å². The van der Waals surface area contributed by atoms with E-state index in [-0.39, 0.29) is 0 Å².